The van der Waals surface area contributed by atoms with E-state index in [0.29, 0.717) is 6.54 Å². The summed E-state index contributed by atoms with van der Waals surface area (Å²) >= 11 is 0. The summed E-state index contributed by atoms with van der Waals surface area (Å²) in [5.41, 5.74) is 0. The molecule has 0 aliphatic rings. The molecule has 0 saturated heterocycles. The number of rotatable bonds is 13. The van der Waals surface area contributed by atoms with E-state index in [1.54, 1.807) is 6.92 Å². The van der Waals surface area contributed by atoms with Crippen molar-refractivity contribution in [2.75, 3.05) is 26.4 Å². The first-order chi connectivity index (χ1) is 10.8. The summed E-state index contributed by atoms with van der Waals surface area (Å²) in [6.45, 7) is 5.88. The van der Waals surface area contributed by atoms with Gasteiger partial charge in [0.15, 0.2) is 6.73 Å². The Hall–Kier alpha value is -0.400. The van der Waals surface area contributed by atoms with Crippen LogP contribution in [0.15, 0.2) is 12.2 Å². The van der Waals surface area contributed by atoms with Crippen LogP contribution in [0.3, 0.4) is 0 Å². The Morgan fingerprint density at radius 1 is 1.12 bits per heavy atom. The van der Waals surface area contributed by atoms with Gasteiger partial charge in [-0.1, -0.05) is 32.4 Å². The van der Waals surface area contributed by atoms with Crippen LogP contribution in [0.4, 0.5) is 0 Å². The van der Waals surface area contributed by atoms with E-state index in [0.717, 1.165) is 25.7 Å². The van der Waals surface area contributed by atoms with Crippen LogP contribution in [-0.2, 0) is 9.59 Å². The van der Waals surface area contributed by atoms with Gasteiger partial charge in [-0.05, 0) is 19.8 Å². The van der Waals surface area contributed by atoms with Gasteiger partial charge in [0.1, 0.15) is 5.92 Å². The standard InChI is InChI=1S/C17H31NO5.Na/c1-4-5-6-7-8-9-10-18(13-19,11-14(2)16(20)21)12-15(3)17(22)23;/h6-7,14-15,19H,4-5,8-13H2,1-3H3,(H-,20,21,22,23);/q;+1/b7-6+;. The zero-order chi connectivity index (χ0) is 17.9. The van der Waals surface area contributed by atoms with Crippen molar-refractivity contribution < 1.29 is 58.9 Å². The fourth-order valence-electron chi connectivity index (χ4n) is 2.70. The summed E-state index contributed by atoms with van der Waals surface area (Å²) in [4.78, 5) is 22.2. The summed E-state index contributed by atoms with van der Waals surface area (Å²) in [5, 5.41) is 30.0. The molecular weight excluding hydrogens is 321 g/mol. The number of aliphatic hydroxyl groups excluding tert-OH is 1. The van der Waals surface area contributed by atoms with Crippen molar-refractivity contribution in [3.05, 3.63) is 12.2 Å². The van der Waals surface area contributed by atoms with Crippen molar-refractivity contribution >= 4 is 11.9 Å². The zero-order valence-corrected chi connectivity index (χ0v) is 17.5. The first-order valence-corrected chi connectivity index (χ1v) is 8.32. The Labute approximate surface area is 167 Å². The molecule has 0 aromatic heterocycles. The van der Waals surface area contributed by atoms with Gasteiger partial charge in [0.05, 0.1) is 19.6 Å². The Morgan fingerprint density at radius 2 is 1.67 bits per heavy atom. The molecule has 0 aromatic carbocycles. The van der Waals surface area contributed by atoms with E-state index >= 15 is 0 Å². The molecule has 0 rings (SSSR count). The summed E-state index contributed by atoms with van der Waals surface area (Å²) in [6, 6.07) is 0. The second-order valence-corrected chi connectivity index (χ2v) is 6.43. The maximum Gasteiger partial charge on any atom is 1.00 e. The summed E-state index contributed by atoms with van der Waals surface area (Å²) in [7, 11) is 0. The number of nitrogens with zero attached hydrogens (tertiary/aromatic N) is 1. The molecule has 0 fully saturated rings. The predicted octanol–water partition coefficient (Wildman–Crippen LogP) is -2.00. The summed E-state index contributed by atoms with van der Waals surface area (Å²) in [5.74, 6) is -3.50. The van der Waals surface area contributed by atoms with Gasteiger partial charge in [0, 0.05) is 18.3 Å². The van der Waals surface area contributed by atoms with Gasteiger partial charge in [-0.15, -0.1) is 0 Å². The Balaban J connectivity index is 0. The number of aliphatic carboxylic acids is 2. The maximum absolute atomic E-state index is 11.1. The van der Waals surface area contributed by atoms with Gasteiger partial charge < -0.3 is 20.1 Å². The monoisotopic (exact) mass is 352 g/mol. The van der Waals surface area contributed by atoms with E-state index in [9.17, 15) is 19.8 Å². The molecule has 6 nitrogen and oxygen atoms in total. The number of hydrogen-bond acceptors (Lipinski definition) is 4. The molecule has 0 aromatic rings. The minimum Gasteiger partial charge on any atom is -0.550 e. The van der Waals surface area contributed by atoms with Crippen LogP contribution >= 0.6 is 0 Å². The number of carbonyl (C=O) groups excluding carboxylic acids is 1. The van der Waals surface area contributed by atoms with E-state index in [1.807, 2.05) is 0 Å². The van der Waals surface area contributed by atoms with Crippen LogP contribution in [0.1, 0.15) is 46.5 Å². The molecule has 0 aliphatic heterocycles. The van der Waals surface area contributed by atoms with Crippen molar-refractivity contribution in [1.29, 1.82) is 0 Å². The van der Waals surface area contributed by atoms with Crippen molar-refractivity contribution in [2.24, 2.45) is 11.8 Å². The van der Waals surface area contributed by atoms with Crippen LogP contribution in [0.5, 0.6) is 0 Å². The van der Waals surface area contributed by atoms with E-state index in [2.05, 4.69) is 19.1 Å². The summed E-state index contributed by atoms with van der Waals surface area (Å²) in [6.07, 6.45) is 7.91. The molecule has 0 saturated carbocycles. The van der Waals surface area contributed by atoms with Gasteiger partial charge in [0.2, 0.25) is 0 Å². The quantitative estimate of drug-likeness (QED) is 0.131. The number of unbranched alkanes of at least 4 members (excludes halogenated alkanes) is 2. The minimum absolute atomic E-state index is 0. The maximum atomic E-state index is 11.1. The number of carbonyl (C=O) groups is 2. The molecule has 24 heavy (non-hydrogen) atoms. The average Bonchev–Trinajstić information content (AvgIpc) is 2.50. The first-order valence-electron chi connectivity index (χ1n) is 8.32. The molecular formula is C17H31NNaO5+. The number of carboxylic acid groups (broad SMARTS) is 2. The third-order valence-electron chi connectivity index (χ3n) is 4.07. The van der Waals surface area contributed by atoms with Crippen LogP contribution in [0.2, 0.25) is 0 Å². The van der Waals surface area contributed by atoms with Crippen molar-refractivity contribution in [1.82, 2.24) is 0 Å². The summed E-state index contributed by atoms with van der Waals surface area (Å²) < 4.78 is 0.0736. The van der Waals surface area contributed by atoms with E-state index in [1.165, 1.54) is 6.92 Å². The zero-order valence-electron chi connectivity index (χ0n) is 15.5. The third kappa shape index (κ3) is 10.5. The van der Waals surface area contributed by atoms with Crippen LogP contribution in [-0.4, -0.2) is 53.0 Å². The number of aliphatic hydroxyl groups is 1. The van der Waals surface area contributed by atoms with Gasteiger partial charge in [-0.2, -0.15) is 0 Å². The molecule has 3 unspecified atom stereocenters. The SMILES string of the molecule is CCC/C=C/CCC[N+](CO)(CC(C)C(=O)[O-])CC(C)C(=O)O.[Na+]. The Kier molecular flexibility index (Phi) is 14.9. The van der Waals surface area contributed by atoms with Gasteiger partial charge in [-0.25, -0.2) is 0 Å². The molecule has 3 atom stereocenters. The largest absolute Gasteiger partial charge is 1.00 e. The first kappa shape index (κ1) is 25.8. The number of hydrogen-bond donors (Lipinski definition) is 2. The molecule has 134 valence electrons. The number of carboxylic acids is 2. The van der Waals surface area contributed by atoms with Crippen LogP contribution in [0, 0.1) is 11.8 Å². The van der Waals surface area contributed by atoms with Gasteiger partial charge in [0.25, 0.3) is 0 Å². The van der Waals surface area contributed by atoms with Crippen LogP contribution < -0.4 is 34.7 Å². The topological polar surface area (TPSA) is 97.7 Å². The molecule has 0 radical (unpaired) electrons. The van der Waals surface area contributed by atoms with Crippen LogP contribution in [0.25, 0.3) is 0 Å². The molecule has 0 spiro atoms. The molecule has 2 N–H and O–H groups in total. The molecule has 0 amide bonds. The molecule has 7 heteroatoms. The van der Waals surface area contributed by atoms with E-state index in [4.69, 9.17) is 5.11 Å². The normalized spacial score (nSPS) is 16.2. The fraction of sp³-hybridized carbons (Fsp3) is 0.765. The van der Waals surface area contributed by atoms with Gasteiger partial charge in [-0.3, -0.25) is 9.28 Å². The van der Waals surface area contributed by atoms with Crippen molar-refractivity contribution in [3.8, 4) is 0 Å². The molecule has 0 heterocycles. The fourth-order valence-corrected chi connectivity index (χ4v) is 2.70. The number of allylic oxidation sites excluding steroid dienone is 2. The van der Waals surface area contributed by atoms with Gasteiger partial charge >= 0.3 is 35.5 Å². The third-order valence-corrected chi connectivity index (χ3v) is 4.07. The number of quaternary nitrogens is 1. The Morgan fingerprint density at radius 3 is 2.12 bits per heavy atom. The predicted molar refractivity (Wildman–Crippen MR) is 86.2 cm³/mol. The molecule has 0 bridgehead atoms. The van der Waals surface area contributed by atoms with E-state index in [-0.39, 0.29) is 53.9 Å². The second-order valence-electron chi connectivity index (χ2n) is 6.43. The smallest absolute Gasteiger partial charge is 0.550 e. The Bertz CT molecular complexity index is 378. The second kappa shape index (κ2) is 13.8. The van der Waals surface area contributed by atoms with E-state index < -0.39 is 23.8 Å². The molecule has 0 aliphatic carbocycles. The van der Waals surface area contributed by atoms with Crippen molar-refractivity contribution in [3.63, 3.8) is 0 Å². The van der Waals surface area contributed by atoms with Crippen molar-refractivity contribution in [2.45, 2.75) is 46.5 Å². The average molecular weight is 352 g/mol. The minimum atomic E-state index is -1.17.